The molecule has 3 heteroatoms. The maximum absolute atomic E-state index is 5.85. The molecule has 1 fully saturated rings. The molecule has 0 amide bonds. The van der Waals surface area contributed by atoms with Crippen molar-refractivity contribution in [2.24, 2.45) is 11.1 Å². The first-order chi connectivity index (χ1) is 8.04. The number of hydrogen-bond donors (Lipinski definition) is 1. The van der Waals surface area contributed by atoms with Gasteiger partial charge in [-0.25, -0.2) is 0 Å². The SMILES string of the molecule is CCN(CC(C)(C)CN)C1CCCCC1OC. The summed E-state index contributed by atoms with van der Waals surface area (Å²) in [7, 11) is 1.85. The normalized spacial score (nSPS) is 26.5. The fourth-order valence-corrected chi connectivity index (χ4v) is 2.85. The second-order valence-corrected chi connectivity index (χ2v) is 6.06. The Hall–Kier alpha value is -0.120. The molecule has 0 heterocycles. The van der Waals surface area contributed by atoms with E-state index in [1.807, 2.05) is 7.11 Å². The standard InChI is InChI=1S/C14H30N2O/c1-5-16(11-14(2,3)10-15)12-8-6-7-9-13(12)17-4/h12-13H,5-11,15H2,1-4H3. The van der Waals surface area contributed by atoms with Gasteiger partial charge in [0.05, 0.1) is 6.10 Å². The van der Waals surface area contributed by atoms with Gasteiger partial charge in [0.1, 0.15) is 0 Å². The summed E-state index contributed by atoms with van der Waals surface area (Å²) in [6.07, 6.45) is 5.54. The van der Waals surface area contributed by atoms with Gasteiger partial charge in [-0.3, -0.25) is 4.90 Å². The number of hydrogen-bond acceptors (Lipinski definition) is 3. The fourth-order valence-electron chi connectivity index (χ4n) is 2.85. The first kappa shape index (κ1) is 14.9. The van der Waals surface area contributed by atoms with Crippen LogP contribution in [0.1, 0.15) is 46.5 Å². The maximum Gasteiger partial charge on any atom is 0.0726 e. The Balaban J connectivity index is 2.64. The molecule has 1 rings (SSSR count). The second-order valence-electron chi connectivity index (χ2n) is 6.06. The van der Waals surface area contributed by atoms with Crippen molar-refractivity contribution in [2.75, 3.05) is 26.7 Å². The van der Waals surface area contributed by atoms with Crippen LogP contribution < -0.4 is 5.73 Å². The van der Waals surface area contributed by atoms with Gasteiger partial charge in [-0.2, -0.15) is 0 Å². The van der Waals surface area contributed by atoms with E-state index in [2.05, 4.69) is 25.7 Å². The summed E-state index contributed by atoms with van der Waals surface area (Å²) < 4.78 is 5.66. The van der Waals surface area contributed by atoms with Crippen molar-refractivity contribution in [1.29, 1.82) is 0 Å². The highest BCUT2D eigenvalue weighted by Crippen LogP contribution is 2.27. The molecule has 0 spiro atoms. The molecule has 2 atom stereocenters. The third kappa shape index (κ3) is 4.23. The van der Waals surface area contributed by atoms with E-state index in [1.54, 1.807) is 0 Å². The minimum atomic E-state index is 0.200. The van der Waals surface area contributed by atoms with Gasteiger partial charge in [0.15, 0.2) is 0 Å². The zero-order chi connectivity index (χ0) is 12.9. The van der Waals surface area contributed by atoms with Crippen molar-refractivity contribution in [3.8, 4) is 0 Å². The molecule has 0 aliphatic heterocycles. The molecule has 0 bridgehead atoms. The zero-order valence-electron chi connectivity index (χ0n) is 12.0. The van der Waals surface area contributed by atoms with Crippen molar-refractivity contribution in [3.63, 3.8) is 0 Å². The van der Waals surface area contributed by atoms with Crippen LogP contribution in [0.2, 0.25) is 0 Å². The van der Waals surface area contributed by atoms with Crippen LogP contribution in [0.5, 0.6) is 0 Å². The minimum absolute atomic E-state index is 0.200. The van der Waals surface area contributed by atoms with E-state index in [0.717, 1.165) is 19.6 Å². The van der Waals surface area contributed by atoms with Crippen LogP contribution in [0.4, 0.5) is 0 Å². The average molecular weight is 242 g/mol. The van der Waals surface area contributed by atoms with E-state index >= 15 is 0 Å². The number of methoxy groups -OCH3 is 1. The third-order valence-corrected chi connectivity index (χ3v) is 4.03. The molecule has 0 radical (unpaired) electrons. The molecule has 0 aromatic rings. The first-order valence-electron chi connectivity index (χ1n) is 7.01. The first-order valence-corrected chi connectivity index (χ1v) is 7.01. The van der Waals surface area contributed by atoms with Crippen LogP contribution in [-0.2, 0) is 4.74 Å². The quantitative estimate of drug-likeness (QED) is 0.776. The minimum Gasteiger partial charge on any atom is -0.380 e. The highest BCUT2D eigenvalue weighted by molar-refractivity contribution is 4.86. The van der Waals surface area contributed by atoms with Gasteiger partial charge in [0.25, 0.3) is 0 Å². The Bertz CT molecular complexity index is 218. The van der Waals surface area contributed by atoms with Gasteiger partial charge in [0, 0.05) is 19.7 Å². The molecule has 2 unspecified atom stereocenters. The summed E-state index contributed by atoms with van der Waals surface area (Å²) in [6, 6.07) is 0.588. The Kier molecular flexibility index (Phi) is 5.90. The van der Waals surface area contributed by atoms with Crippen LogP contribution >= 0.6 is 0 Å². The molecule has 1 saturated carbocycles. The summed E-state index contributed by atoms with van der Waals surface area (Å²) in [6.45, 7) is 9.65. The van der Waals surface area contributed by atoms with E-state index in [1.165, 1.54) is 25.7 Å². The van der Waals surface area contributed by atoms with Crippen LogP contribution in [0.15, 0.2) is 0 Å². The summed E-state index contributed by atoms with van der Waals surface area (Å²) >= 11 is 0. The highest BCUT2D eigenvalue weighted by Gasteiger charge is 2.32. The maximum atomic E-state index is 5.85. The lowest BCUT2D eigenvalue weighted by atomic mass is 9.87. The Labute approximate surface area is 107 Å². The van der Waals surface area contributed by atoms with Gasteiger partial charge in [-0.05, 0) is 31.3 Å². The molecular weight excluding hydrogens is 212 g/mol. The monoisotopic (exact) mass is 242 g/mol. The second kappa shape index (κ2) is 6.72. The molecule has 0 saturated heterocycles. The molecule has 0 aromatic heterocycles. The van der Waals surface area contributed by atoms with Gasteiger partial charge in [0.2, 0.25) is 0 Å². The predicted molar refractivity (Wildman–Crippen MR) is 73.1 cm³/mol. The number of likely N-dealkylation sites (N-methyl/N-ethyl adjacent to an activating group) is 1. The molecule has 102 valence electrons. The van der Waals surface area contributed by atoms with Crippen LogP contribution in [0, 0.1) is 5.41 Å². The van der Waals surface area contributed by atoms with Crippen molar-refractivity contribution >= 4 is 0 Å². The number of rotatable bonds is 6. The summed E-state index contributed by atoms with van der Waals surface area (Å²) in [5, 5.41) is 0. The molecule has 1 aliphatic rings. The van der Waals surface area contributed by atoms with Crippen molar-refractivity contribution in [3.05, 3.63) is 0 Å². The summed E-state index contributed by atoms with van der Waals surface area (Å²) in [5.41, 5.74) is 6.05. The number of nitrogens with two attached hydrogens (primary N) is 1. The largest absolute Gasteiger partial charge is 0.380 e. The predicted octanol–water partition coefficient (Wildman–Crippen LogP) is 2.25. The third-order valence-electron chi connectivity index (χ3n) is 4.03. The van der Waals surface area contributed by atoms with E-state index in [9.17, 15) is 0 Å². The molecule has 1 aliphatic carbocycles. The lowest BCUT2D eigenvalue weighted by Gasteiger charge is -2.42. The van der Waals surface area contributed by atoms with Gasteiger partial charge >= 0.3 is 0 Å². The van der Waals surface area contributed by atoms with E-state index in [0.29, 0.717) is 12.1 Å². The number of nitrogens with zero attached hydrogens (tertiary/aromatic N) is 1. The molecule has 3 nitrogen and oxygen atoms in total. The van der Waals surface area contributed by atoms with E-state index < -0.39 is 0 Å². The zero-order valence-corrected chi connectivity index (χ0v) is 12.0. The Morgan fingerprint density at radius 1 is 1.29 bits per heavy atom. The van der Waals surface area contributed by atoms with Crippen LogP contribution in [0.25, 0.3) is 0 Å². The Morgan fingerprint density at radius 2 is 1.94 bits per heavy atom. The summed E-state index contributed by atoms with van der Waals surface area (Å²) in [5.74, 6) is 0. The van der Waals surface area contributed by atoms with Gasteiger partial charge in [-0.15, -0.1) is 0 Å². The molecular formula is C14H30N2O. The van der Waals surface area contributed by atoms with Gasteiger partial charge < -0.3 is 10.5 Å². The van der Waals surface area contributed by atoms with E-state index in [-0.39, 0.29) is 5.41 Å². The topological polar surface area (TPSA) is 38.5 Å². The van der Waals surface area contributed by atoms with Gasteiger partial charge in [-0.1, -0.05) is 33.6 Å². The summed E-state index contributed by atoms with van der Waals surface area (Å²) in [4.78, 5) is 2.57. The molecule has 2 N–H and O–H groups in total. The average Bonchev–Trinajstić information content (AvgIpc) is 2.36. The van der Waals surface area contributed by atoms with Crippen molar-refractivity contribution < 1.29 is 4.74 Å². The highest BCUT2D eigenvalue weighted by atomic mass is 16.5. The van der Waals surface area contributed by atoms with E-state index in [4.69, 9.17) is 10.5 Å². The smallest absolute Gasteiger partial charge is 0.0726 e. The fraction of sp³-hybridized carbons (Fsp3) is 1.00. The van der Waals surface area contributed by atoms with Crippen molar-refractivity contribution in [2.45, 2.75) is 58.6 Å². The number of ether oxygens (including phenoxy) is 1. The van der Waals surface area contributed by atoms with Crippen LogP contribution in [0.3, 0.4) is 0 Å². The molecule has 17 heavy (non-hydrogen) atoms. The Morgan fingerprint density at radius 3 is 2.47 bits per heavy atom. The lowest BCUT2D eigenvalue weighted by molar-refractivity contribution is -0.0199. The van der Waals surface area contributed by atoms with Crippen LogP contribution in [-0.4, -0.2) is 43.8 Å². The lowest BCUT2D eigenvalue weighted by Crippen LogP contribution is -2.50. The van der Waals surface area contributed by atoms with Crippen molar-refractivity contribution in [1.82, 2.24) is 4.90 Å². The molecule has 0 aromatic carbocycles.